The Kier molecular flexibility index (Phi) is 5.94. The van der Waals surface area contributed by atoms with E-state index in [0.29, 0.717) is 11.8 Å². The van der Waals surface area contributed by atoms with Crippen LogP contribution in [0.15, 0.2) is 0 Å². The van der Waals surface area contributed by atoms with Crippen LogP contribution in [0.1, 0.15) is 19.8 Å². The fourth-order valence-corrected chi connectivity index (χ4v) is 2.88. The van der Waals surface area contributed by atoms with Gasteiger partial charge in [-0.25, -0.2) is 0 Å². The molecule has 1 saturated heterocycles. The number of rotatable bonds is 4. The number of amides is 1. The van der Waals surface area contributed by atoms with Crippen LogP contribution < -0.4 is 5.32 Å². The van der Waals surface area contributed by atoms with Gasteiger partial charge in [0.15, 0.2) is 0 Å². The second-order valence-corrected chi connectivity index (χ2v) is 6.14. The lowest BCUT2D eigenvalue weighted by atomic mass is 10.3. The van der Waals surface area contributed by atoms with E-state index >= 15 is 0 Å². The van der Waals surface area contributed by atoms with Gasteiger partial charge in [-0.3, -0.25) is 4.79 Å². The summed E-state index contributed by atoms with van der Waals surface area (Å²) >= 11 is 1.96. The van der Waals surface area contributed by atoms with Crippen molar-refractivity contribution < 1.29 is 4.79 Å². The van der Waals surface area contributed by atoms with Gasteiger partial charge in [0.05, 0.1) is 6.54 Å². The van der Waals surface area contributed by atoms with Gasteiger partial charge >= 0.3 is 0 Å². The van der Waals surface area contributed by atoms with E-state index in [9.17, 15) is 4.79 Å². The highest BCUT2D eigenvalue weighted by Crippen LogP contribution is 2.27. The lowest BCUT2D eigenvalue weighted by Gasteiger charge is -2.30. The predicted molar refractivity (Wildman–Crippen MR) is 71.3 cm³/mol. The van der Waals surface area contributed by atoms with Crippen LogP contribution in [0, 0.1) is 5.92 Å². The van der Waals surface area contributed by atoms with Gasteiger partial charge in [0.2, 0.25) is 5.91 Å². The van der Waals surface area contributed by atoms with Crippen LogP contribution in [0.4, 0.5) is 0 Å². The minimum absolute atomic E-state index is 0. The number of carbonyl (C=O) groups is 1. The molecule has 2 rings (SSSR count). The summed E-state index contributed by atoms with van der Waals surface area (Å²) < 4.78 is 0. The first-order chi connectivity index (χ1) is 7.25. The molecular weight excluding hydrogens is 244 g/mol. The fraction of sp³-hybridized carbons (Fsp3) is 0.909. The van der Waals surface area contributed by atoms with Gasteiger partial charge < -0.3 is 10.2 Å². The summed E-state index contributed by atoms with van der Waals surface area (Å²) in [6, 6.07) is 0. The van der Waals surface area contributed by atoms with Crippen LogP contribution in [0.5, 0.6) is 0 Å². The van der Waals surface area contributed by atoms with E-state index in [4.69, 9.17) is 0 Å². The smallest absolute Gasteiger partial charge is 0.236 e. The van der Waals surface area contributed by atoms with Crippen LogP contribution >= 0.6 is 24.2 Å². The largest absolute Gasteiger partial charge is 0.340 e. The Morgan fingerprint density at radius 3 is 2.88 bits per heavy atom. The zero-order chi connectivity index (χ0) is 10.7. The SMILES string of the molecule is CC1CN(C(=O)CNCC2CC2)CCS1.Cl. The third-order valence-corrected chi connectivity index (χ3v) is 4.14. The average Bonchev–Trinajstić information content (AvgIpc) is 3.01. The monoisotopic (exact) mass is 264 g/mol. The molecule has 1 unspecified atom stereocenters. The molecule has 1 atom stereocenters. The van der Waals surface area contributed by atoms with Gasteiger partial charge in [0, 0.05) is 24.1 Å². The lowest BCUT2D eigenvalue weighted by Crippen LogP contribution is -2.45. The lowest BCUT2D eigenvalue weighted by molar-refractivity contribution is -0.130. The third-order valence-electron chi connectivity index (χ3n) is 3.00. The first kappa shape index (κ1) is 14.1. The van der Waals surface area contributed by atoms with E-state index in [1.165, 1.54) is 12.8 Å². The molecule has 5 heteroatoms. The van der Waals surface area contributed by atoms with Crippen molar-refractivity contribution in [3.05, 3.63) is 0 Å². The van der Waals surface area contributed by atoms with Crippen molar-refractivity contribution in [2.45, 2.75) is 25.0 Å². The quantitative estimate of drug-likeness (QED) is 0.833. The van der Waals surface area contributed by atoms with Gasteiger partial charge in [-0.05, 0) is 25.3 Å². The molecular formula is C11H21ClN2OS. The molecule has 1 aliphatic carbocycles. The minimum Gasteiger partial charge on any atom is -0.340 e. The maximum absolute atomic E-state index is 11.8. The predicted octanol–water partition coefficient (Wildman–Crippen LogP) is 1.37. The molecule has 94 valence electrons. The summed E-state index contributed by atoms with van der Waals surface area (Å²) in [5.41, 5.74) is 0. The second-order valence-electron chi connectivity index (χ2n) is 4.60. The molecule has 0 aromatic carbocycles. The fourth-order valence-electron chi connectivity index (χ4n) is 1.86. The van der Waals surface area contributed by atoms with Crippen LogP contribution in [-0.4, -0.2) is 48.0 Å². The molecule has 0 bridgehead atoms. The summed E-state index contributed by atoms with van der Waals surface area (Å²) in [7, 11) is 0. The highest BCUT2D eigenvalue weighted by Gasteiger charge is 2.23. The molecule has 2 fully saturated rings. The molecule has 0 aromatic heterocycles. The van der Waals surface area contributed by atoms with Gasteiger partial charge in [-0.2, -0.15) is 11.8 Å². The summed E-state index contributed by atoms with van der Waals surface area (Å²) in [6.07, 6.45) is 2.69. The Bertz CT molecular complexity index is 236. The number of thioether (sulfide) groups is 1. The molecule has 0 spiro atoms. The summed E-state index contributed by atoms with van der Waals surface area (Å²) in [5, 5.41) is 3.86. The van der Waals surface area contributed by atoms with Crippen molar-refractivity contribution in [2.24, 2.45) is 5.92 Å². The minimum atomic E-state index is 0. The zero-order valence-electron chi connectivity index (χ0n) is 9.78. The van der Waals surface area contributed by atoms with Crippen molar-refractivity contribution in [3.63, 3.8) is 0 Å². The molecule has 1 saturated carbocycles. The number of halogens is 1. The Morgan fingerprint density at radius 2 is 2.25 bits per heavy atom. The molecule has 16 heavy (non-hydrogen) atoms. The molecule has 0 radical (unpaired) electrons. The molecule has 0 aromatic rings. The maximum Gasteiger partial charge on any atom is 0.236 e. The molecule has 2 aliphatic rings. The first-order valence-corrected chi connectivity index (χ1v) is 6.90. The van der Waals surface area contributed by atoms with Crippen molar-refractivity contribution >= 4 is 30.1 Å². The summed E-state index contributed by atoms with van der Waals surface area (Å²) in [6.45, 7) is 5.62. The van der Waals surface area contributed by atoms with Crippen LogP contribution in [0.3, 0.4) is 0 Å². The van der Waals surface area contributed by atoms with E-state index in [2.05, 4.69) is 12.2 Å². The molecule has 1 heterocycles. The van der Waals surface area contributed by atoms with E-state index in [-0.39, 0.29) is 18.3 Å². The highest BCUT2D eigenvalue weighted by molar-refractivity contribution is 7.99. The van der Waals surface area contributed by atoms with Crippen molar-refractivity contribution in [1.29, 1.82) is 0 Å². The van der Waals surface area contributed by atoms with Gasteiger partial charge in [-0.15, -0.1) is 12.4 Å². The number of nitrogens with one attached hydrogen (secondary N) is 1. The van der Waals surface area contributed by atoms with Crippen LogP contribution in [0.2, 0.25) is 0 Å². The number of hydrogen-bond donors (Lipinski definition) is 1. The van der Waals surface area contributed by atoms with E-state index in [1.54, 1.807) is 0 Å². The van der Waals surface area contributed by atoms with Gasteiger partial charge in [-0.1, -0.05) is 6.92 Å². The molecule has 1 aliphatic heterocycles. The number of nitrogens with zero attached hydrogens (tertiary/aromatic N) is 1. The van der Waals surface area contributed by atoms with Crippen LogP contribution in [0.25, 0.3) is 0 Å². The van der Waals surface area contributed by atoms with E-state index < -0.39 is 0 Å². The van der Waals surface area contributed by atoms with Crippen molar-refractivity contribution in [1.82, 2.24) is 10.2 Å². The summed E-state index contributed by atoms with van der Waals surface area (Å²) in [4.78, 5) is 13.8. The Morgan fingerprint density at radius 1 is 1.50 bits per heavy atom. The average molecular weight is 265 g/mol. The number of carbonyl (C=O) groups excluding carboxylic acids is 1. The Labute approximate surface area is 108 Å². The normalized spacial score (nSPS) is 25.1. The Hall–Kier alpha value is 0.0700. The number of hydrogen-bond acceptors (Lipinski definition) is 3. The first-order valence-electron chi connectivity index (χ1n) is 5.86. The van der Waals surface area contributed by atoms with E-state index in [0.717, 1.165) is 31.3 Å². The topological polar surface area (TPSA) is 32.3 Å². The standard InChI is InChI=1S/C11H20N2OS.ClH/c1-9-8-13(4-5-15-9)11(14)7-12-6-10-2-3-10;/h9-10,12H,2-8H2,1H3;1H. The maximum atomic E-state index is 11.8. The van der Waals surface area contributed by atoms with Crippen molar-refractivity contribution in [3.8, 4) is 0 Å². The molecule has 1 amide bonds. The molecule has 3 nitrogen and oxygen atoms in total. The highest BCUT2D eigenvalue weighted by atomic mass is 35.5. The van der Waals surface area contributed by atoms with E-state index in [1.807, 2.05) is 16.7 Å². The third kappa shape index (κ3) is 4.52. The zero-order valence-corrected chi connectivity index (χ0v) is 11.4. The van der Waals surface area contributed by atoms with Crippen molar-refractivity contribution in [2.75, 3.05) is 31.9 Å². The van der Waals surface area contributed by atoms with Gasteiger partial charge in [0.1, 0.15) is 0 Å². The summed E-state index contributed by atoms with van der Waals surface area (Å²) in [5.74, 6) is 2.23. The van der Waals surface area contributed by atoms with Gasteiger partial charge in [0.25, 0.3) is 0 Å². The molecule has 1 N–H and O–H groups in total. The second kappa shape index (κ2) is 6.72. The van der Waals surface area contributed by atoms with Crippen LogP contribution in [-0.2, 0) is 4.79 Å². The Balaban J connectivity index is 0.00000128.